The van der Waals surface area contributed by atoms with Gasteiger partial charge in [-0.15, -0.1) is 11.3 Å². The van der Waals surface area contributed by atoms with Gasteiger partial charge in [0.05, 0.1) is 28.4 Å². The highest BCUT2D eigenvalue weighted by atomic mass is 35.5. The van der Waals surface area contributed by atoms with Crippen LogP contribution in [0.4, 0.5) is 0 Å². The topological polar surface area (TPSA) is 54.4 Å². The summed E-state index contributed by atoms with van der Waals surface area (Å²) in [5.41, 5.74) is 4.91. The zero-order valence-corrected chi connectivity index (χ0v) is 15.3. The quantitative estimate of drug-likeness (QED) is 0.502. The zero-order chi connectivity index (χ0) is 17.6. The number of aromatic nitrogens is 1. The molecule has 0 aliphatic rings. The van der Waals surface area contributed by atoms with Crippen molar-refractivity contribution in [2.45, 2.75) is 6.42 Å². The fourth-order valence-electron chi connectivity index (χ4n) is 2.11. The van der Waals surface area contributed by atoms with Crippen LogP contribution in [0.5, 0.6) is 0 Å². The first-order chi connectivity index (χ1) is 12.1. The number of halogens is 2. The molecule has 1 N–H and O–H groups in total. The number of carbonyl (C=O) groups is 1. The summed E-state index contributed by atoms with van der Waals surface area (Å²) in [6.45, 7) is 0. The molecule has 1 aromatic heterocycles. The maximum atomic E-state index is 12.0. The van der Waals surface area contributed by atoms with Crippen LogP contribution in [0.15, 0.2) is 59.0 Å². The summed E-state index contributed by atoms with van der Waals surface area (Å²) in [4.78, 5) is 16.5. The Morgan fingerprint density at radius 2 is 1.84 bits per heavy atom. The average Bonchev–Trinajstić information content (AvgIpc) is 3.07. The van der Waals surface area contributed by atoms with E-state index in [0.717, 1.165) is 16.3 Å². The smallest absolute Gasteiger partial charge is 0.246 e. The lowest BCUT2D eigenvalue weighted by molar-refractivity contribution is -0.120. The number of rotatable bonds is 5. The van der Waals surface area contributed by atoms with Crippen molar-refractivity contribution >= 4 is 46.7 Å². The van der Waals surface area contributed by atoms with Crippen LogP contribution in [-0.4, -0.2) is 17.1 Å². The van der Waals surface area contributed by atoms with Crippen molar-refractivity contribution in [3.8, 4) is 11.3 Å². The predicted molar refractivity (Wildman–Crippen MR) is 103 cm³/mol. The molecule has 2 aromatic carbocycles. The van der Waals surface area contributed by atoms with Gasteiger partial charge < -0.3 is 0 Å². The lowest BCUT2D eigenvalue weighted by Gasteiger charge is -2.01. The first-order valence-corrected chi connectivity index (χ1v) is 9.03. The average molecular weight is 390 g/mol. The molecular weight excluding hydrogens is 377 g/mol. The summed E-state index contributed by atoms with van der Waals surface area (Å²) >= 11 is 13.5. The van der Waals surface area contributed by atoms with Crippen molar-refractivity contribution in [1.82, 2.24) is 10.4 Å². The van der Waals surface area contributed by atoms with E-state index in [1.165, 1.54) is 17.6 Å². The molecule has 3 rings (SSSR count). The number of hydrogen-bond acceptors (Lipinski definition) is 4. The third-order valence-corrected chi connectivity index (χ3v) is 4.82. The predicted octanol–water partition coefficient (Wildman–Crippen LogP) is 4.81. The Balaban J connectivity index is 1.60. The number of nitrogens with zero attached hydrogens (tertiary/aromatic N) is 2. The minimum atomic E-state index is -0.256. The maximum Gasteiger partial charge on any atom is 0.246 e. The molecule has 0 aliphatic carbocycles. The fourth-order valence-corrected chi connectivity index (χ4v) is 3.41. The molecule has 7 heteroatoms. The minimum absolute atomic E-state index is 0.158. The van der Waals surface area contributed by atoms with E-state index in [-0.39, 0.29) is 12.3 Å². The van der Waals surface area contributed by atoms with Crippen molar-refractivity contribution < 1.29 is 4.79 Å². The SMILES string of the molecule is O=C(Cc1nc(-c2ccccc2)cs1)N/N=C\c1c(Cl)cccc1Cl. The Labute approximate surface area is 159 Å². The normalized spacial score (nSPS) is 11.0. The zero-order valence-electron chi connectivity index (χ0n) is 12.9. The molecule has 25 heavy (non-hydrogen) atoms. The van der Waals surface area contributed by atoms with Gasteiger partial charge in [0.2, 0.25) is 5.91 Å². The Morgan fingerprint density at radius 1 is 1.12 bits per heavy atom. The third kappa shape index (κ3) is 4.66. The number of amides is 1. The van der Waals surface area contributed by atoms with Crippen LogP contribution in [-0.2, 0) is 11.2 Å². The summed E-state index contributed by atoms with van der Waals surface area (Å²) in [6.07, 6.45) is 1.59. The number of hydrazone groups is 1. The van der Waals surface area contributed by atoms with Crippen LogP contribution in [0.25, 0.3) is 11.3 Å². The van der Waals surface area contributed by atoms with Gasteiger partial charge in [0.15, 0.2) is 0 Å². The Bertz CT molecular complexity index is 889. The van der Waals surface area contributed by atoms with Crippen molar-refractivity contribution in [2.75, 3.05) is 0 Å². The summed E-state index contributed by atoms with van der Waals surface area (Å²) in [6, 6.07) is 15.0. The number of thiazole rings is 1. The molecule has 0 atom stereocenters. The Morgan fingerprint density at radius 3 is 2.56 bits per heavy atom. The Hall–Kier alpha value is -2.21. The highest BCUT2D eigenvalue weighted by Crippen LogP contribution is 2.23. The molecule has 3 aromatic rings. The van der Waals surface area contributed by atoms with Gasteiger partial charge in [-0.05, 0) is 12.1 Å². The van der Waals surface area contributed by atoms with Crippen molar-refractivity contribution in [1.29, 1.82) is 0 Å². The first-order valence-electron chi connectivity index (χ1n) is 7.39. The molecule has 1 heterocycles. The second-order valence-corrected chi connectivity index (χ2v) is 6.85. The molecule has 0 aliphatic heterocycles. The number of benzene rings is 2. The van der Waals surface area contributed by atoms with Crippen LogP contribution < -0.4 is 5.43 Å². The largest absolute Gasteiger partial charge is 0.273 e. The van der Waals surface area contributed by atoms with Crippen LogP contribution in [0.2, 0.25) is 10.0 Å². The van der Waals surface area contributed by atoms with E-state index in [0.29, 0.717) is 15.6 Å². The van der Waals surface area contributed by atoms with E-state index in [4.69, 9.17) is 23.2 Å². The van der Waals surface area contributed by atoms with Gasteiger partial charge >= 0.3 is 0 Å². The highest BCUT2D eigenvalue weighted by molar-refractivity contribution is 7.10. The van der Waals surface area contributed by atoms with Crippen LogP contribution >= 0.6 is 34.5 Å². The van der Waals surface area contributed by atoms with Gasteiger partial charge in [0.25, 0.3) is 0 Å². The van der Waals surface area contributed by atoms with E-state index in [9.17, 15) is 4.79 Å². The lowest BCUT2D eigenvalue weighted by Crippen LogP contribution is -2.19. The van der Waals surface area contributed by atoms with Gasteiger partial charge in [0, 0.05) is 16.5 Å². The maximum absolute atomic E-state index is 12.0. The van der Waals surface area contributed by atoms with Gasteiger partial charge in [-0.2, -0.15) is 5.10 Å². The highest BCUT2D eigenvalue weighted by Gasteiger charge is 2.09. The van der Waals surface area contributed by atoms with Gasteiger partial charge in [-0.25, -0.2) is 10.4 Å². The number of hydrogen-bond donors (Lipinski definition) is 1. The molecule has 0 radical (unpaired) electrons. The molecule has 0 saturated carbocycles. The third-order valence-electron chi connectivity index (χ3n) is 3.32. The van der Waals surface area contributed by atoms with E-state index in [1.54, 1.807) is 18.2 Å². The molecule has 0 unspecified atom stereocenters. The molecule has 1 amide bonds. The molecule has 4 nitrogen and oxygen atoms in total. The molecule has 0 saturated heterocycles. The molecule has 126 valence electrons. The number of nitrogens with one attached hydrogen (secondary N) is 1. The van der Waals surface area contributed by atoms with E-state index >= 15 is 0 Å². The van der Waals surface area contributed by atoms with Crippen molar-refractivity contribution in [2.24, 2.45) is 5.10 Å². The van der Waals surface area contributed by atoms with Crippen molar-refractivity contribution in [3.63, 3.8) is 0 Å². The summed E-state index contributed by atoms with van der Waals surface area (Å²) in [5, 5.41) is 7.51. The second-order valence-electron chi connectivity index (χ2n) is 5.10. The monoisotopic (exact) mass is 389 g/mol. The van der Waals surface area contributed by atoms with Gasteiger partial charge in [-0.3, -0.25) is 4.79 Å². The summed E-state index contributed by atoms with van der Waals surface area (Å²) in [5.74, 6) is -0.256. The lowest BCUT2D eigenvalue weighted by atomic mass is 10.2. The summed E-state index contributed by atoms with van der Waals surface area (Å²) in [7, 11) is 0. The van der Waals surface area contributed by atoms with Crippen LogP contribution in [0.1, 0.15) is 10.6 Å². The van der Waals surface area contributed by atoms with E-state index < -0.39 is 0 Å². The first kappa shape index (κ1) is 17.6. The summed E-state index contributed by atoms with van der Waals surface area (Å²) < 4.78 is 0. The molecular formula is C18H13Cl2N3OS. The van der Waals surface area contributed by atoms with Gasteiger partial charge in [-0.1, -0.05) is 59.6 Å². The van der Waals surface area contributed by atoms with E-state index in [2.05, 4.69) is 15.5 Å². The standard InChI is InChI=1S/C18H13Cl2N3OS/c19-14-7-4-8-15(20)13(14)10-21-23-17(24)9-18-22-16(11-25-18)12-5-2-1-3-6-12/h1-8,10-11H,9H2,(H,23,24)/b21-10-. The van der Waals surface area contributed by atoms with Gasteiger partial charge in [0.1, 0.15) is 5.01 Å². The Kier molecular flexibility index (Phi) is 5.81. The molecule has 0 fully saturated rings. The minimum Gasteiger partial charge on any atom is -0.273 e. The van der Waals surface area contributed by atoms with E-state index in [1.807, 2.05) is 35.7 Å². The number of carbonyl (C=O) groups excluding carboxylic acids is 1. The fraction of sp³-hybridized carbons (Fsp3) is 0.0556. The second kappa shape index (κ2) is 8.25. The van der Waals surface area contributed by atoms with Crippen LogP contribution in [0, 0.1) is 0 Å². The van der Waals surface area contributed by atoms with Crippen LogP contribution in [0.3, 0.4) is 0 Å². The molecule has 0 spiro atoms. The molecule has 0 bridgehead atoms. The van der Waals surface area contributed by atoms with Crippen molar-refractivity contribution in [3.05, 3.63) is 74.5 Å².